The van der Waals surface area contributed by atoms with E-state index in [9.17, 15) is 8.78 Å². The quantitative estimate of drug-likeness (QED) is 0.528. The molecular formula is C15H16F2N4S. The Kier molecular flexibility index (Phi) is 4.72. The molecule has 2 aromatic heterocycles. The Hall–Kier alpha value is -1.89. The number of unbranched alkanes of at least 4 members (excludes halogenated alkanes) is 2. The first-order valence-corrected chi connectivity index (χ1v) is 8.16. The van der Waals surface area contributed by atoms with Gasteiger partial charge in [-0.2, -0.15) is 5.10 Å². The van der Waals surface area contributed by atoms with Gasteiger partial charge in [-0.1, -0.05) is 18.2 Å². The molecule has 0 radical (unpaired) electrons. The highest BCUT2D eigenvalue weighted by atomic mass is 32.2. The summed E-state index contributed by atoms with van der Waals surface area (Å²) in [4.78, 5) is 7.27. The number of hydrogen-bond donors (Lipinski definition) is 1. The Morgan fingerprint density at radius 2 is 2.00 bits per heavy atom. The van der Waals surface area contributed by atoms with Crippen LogP contribution in [-0.2, 0) is 6.54 Å². The number of halogens is 2. The van der Waals surface area contributed by atoms with Crippen LogP contribution in [0.1, 0.15) is 19.3 Å². The van der Waals surface area contributed by atoms with E-state index in [1.54, 1.807) is 18.0 Å². The lowest BCUT2D eigenvalue weighted by Crippen LogP contribution is -1.98. The minimum absolute atomic E-state index is 0.458. The van der Waals surface area contributed by atoms with Crippen molar-refractivity contribution in [3.8, 4) is 0 Å². The Morgan fingerprint density at radius 3 is 2.82 bits per heavy atom. The molecule has 7 heteroatoms. The number of aromatic amines is 1. The first kappa shape index (κ1) is 15.0. The number of hydrogen-bond acceptors (Lipinski definition) is 3. The molecule has 116 valence electrons. The van der Waals surface area contributed by atoms with E-state index in [0.717, 1.165) is 43.7 Å². The normalized spacial score (nSPS) is 11.4. The van der Waals surface area contributed by atoms with Crippen LogP contribution in [0.15, 0.2) is 35.7 Å². The predicted molar refractivity (Wildman–Crippen MR) is 82.8 cm³/mol. The monoisotopic (exact) mass is 322 g/mol. The lowest BCUT2D eigenvalue weighted by molar-refractivity contribution is 0.510. The van der Waals surface area contributed by atoms with Gasteiger partial charge in [0.1, 0.15) is 0 Å². The summed E-state index contributed by atoms with van der Waals surface area (Å²) in [5.74, 6) is -0.801. The van der Waals surface area contributed by atoms with E-state index in [1.807, 2.05) is 16.9 Å². The van der Waals surface area contributed by atoms with Crippen molar-refractivity contribution in [2.75, 3.05) is 5.75 Å². The van der Waals surface area contributed by atoms with Gasteiger partial charge in [-0.05, 0) is 18.9 Å². The summed E-state index contributed by atoms with van der Waals surface area (Å²) < 4.78 is 28.2. The lowest BCUT2D eigenvalue weighted by atomic mass is 10.2. The molecular weight excluding hydrogens is 306 g/mol. The van der Waals surface area contributed by atoms with E-state index in [4.69, 9.17) is 0 Å². The summed E-state index contributed by atoms with van der Waals surface area (Å²) in [5, 5.41) is 4.86. The summed E-state index contributed by atoms with van der Waals surface area (Å²) in [7, 11) is 0. The summed E-state index contributed by atoms with van der Waals surface area (Å²) in [6, 6.07) is 4.18. The zero-order valence-corrected chi connectivity index (χ0v) is 12.7. The first-order valence-electron chi connectivity index (χ1n) is 7.17. The molecule has 1 aromatic carbocycles. The second-order valence-electron chi connectivity index (χ2n) is 5.00. The van der Waals surface area contributed by atoms with Crippen LogP contribution in [0.3, 0.4) is 0 Å². The Balaban J connectivity index is 1.43. The smallest absolute Gasteiger partial charge is 0.166 e. The van der Waals surface area contributed by atoms with Crippen molar-refractivity contribution in [1.29, 1.82) is 0 Å². The number of aryl methyl sites for hydroxylation is 1. The highest BCUT2D eigenvalue weighted by Crippen LogP contribution is 2.22. The Bertz CT molecular complexity index is 700. The number of rotatable bonds is 7. The molecule has 3 rings (SSSR count). The van der Waals surface area contributed by atoms with E-state index in [-0.39, 0.29) is 0 Å². The molecule has 0 aliphatic heterocycles. The largest absolute Gasteiger partial charge is 0.333 e. The third kappa shape index (κ3) is 3.65. The molecule has 3 aromatic rings. The maximum atomic E-state index is 13.1. The van der Waals surface area contributed by atoms with Gasteiger partial charge in [0.25, 0.3) is 0 Å². The molecule has 0 fully saturated rings. The molecule has 0 atom stereocenters. The predicted octanol–water partition coefficient (Wildman–Crippen LogP) is 4.00. The van der Waals surface area contributed by atoms with Crippen molar-refractivity contribution >= 4 is 22.8 Å². The molecule has 0 saturated heterocycles. The molecule has 0 amide bonds. The molecule has 0 aliphatic rings. The van der Waals surface area contributed by atoms with Crippen molar-refractivity contribution in [3.05, 3.63) is 42.2 Å². The Morgan fingerprint density at radius 1 is 1.14 bits per heavy atom. The number of H-pyrrole nitrogens is 1. The van der Waals surface area contributed by atoms with Crippen LogP contribution in [0.2, 0.25) is 0 Å². The molecule has 0 saturated carbocycles. The number of nitrogens with zero attached hydrogens (tertiary/aromatic N) is 3. The van der Waals surface area contributed by atoms with Gasteiger partial charge in [0.15, 0.2) is 16.8 Å². The van der Waals surface area contributed by atoms with Gasteiger partial charge >= 0.3 is 0 Å². The second kappa shape index (κ2) is 6.91. The standard InChI is InChI=1S/C15H16F2N4S/c16-11-9-13-14(10-12(11)17)20-15(19-13)22-8-3-1-2-6-21-7-4-5-18-21/h4-5,7,9-10H,1-3,6,8H2,(H,19,20). The maximum absolute atomic E-state index is 13.1. The third-order valence-corrected chi connectivity index (χ3v) is 4.29. The van der Waals surface area contributed by atoms with E-state index in [1.165, 1.54) is 0 Å². The zero-order valence-electron chi connectivity index (χ0n) is 11.9. The van der Waals surface area contributed by atoms with Gasteiger partial charge in [-0.3, -0.25) is 4.68 Å². The summed E-state index contributed by atoms with van der Waals surface area (Å²) >= 11 is 1.57. The van der Waals surface area contributed by atoms with Gasteiger partial charge in [-0.25, -0.2) is 13.8 Å². The van der Waals surface area contributed by atoms with Gasteiger partial charge in [0, 0.05) is 36.8 Å². The van der Waals surface area contributed by atoms with Gasteiger partial charge in [-0.15, -0.1) is 0 Å². The van der Waals surface area contributed by atoms with E-state index in [2.05, 4.69) is 15.1 Å². The van der Waals surface area contributed by atoms with Crippen LogP contribution in [0.5, 0.6) is 0 Å². The fraction of sp³-hybridized carbons (Fsp3) is 0.333. The number of nitrogens with one attached hydrogen (secondary N) is 1. The van der Waals surface area contributed by atoms with E-state index >= 15 is 0 Å². The first-order chi connectivity index (χ1) is 10.7. The number of imidazole rings is 1. The fourth-order valence-electron chi connectivity index (χ4n) is 2.20. The molecule has 1 N–H and O–H groups in total. The average Bonchev–Trinajstić information content (AvgIpc) is 3.12. The van der Waals surface area contributed by atoms with Crippen LogP contribution >= 0.6 is 11.8 Å². The molecule has 4 nitrogen and oxygen atoms in total. The second-order valence-corrected chi connectivity index (χ2v) is 6.09. The topological polar surface area (TPSA) is 46.5 Å². The minimum atomic E-state index is -0.867. The lowest BCUT2D eigenvalue weighted by Gasteiger charge is -2.01. The summed E-state index contributed by atoms with van der Waals surface area (Å²) in [5.41, 5.74) is 0.986. The van der Waals surface area contributed by atoms with Gasteiger partial charge in [0.05, 0.1) is 11.0 Å². The minimum Gasteiger partial charge on any atom is -0.333 e. The molecule has 22 heavy (non-hydrogen) atoms. The summed E-state index contributed by atoms with van der Waals surface area (Å²) in [6.45, 7) is 0.931. The van der Waals surface area contributed by atoms with Crippen LogP contribution in [0.4, 0.5) is 8.78 Å². The Labute approximate surface area is 130 Å². The zero-order chi connectivity index (χ0) is 15.4. The maximum Gasteiger partial charge on any atom is 0.166 e. The number of benzene rings is 1. The highest BCUT2D eigenvalue weighted by molar-refractivity contribution is 7.99. The molecule has 0 aliphatic carbocycles. The van der Waals surface area contributed by atoms with Crippen molar-refractivity contribution in [3.63, 3.8) is 0 Å². The van der Waals surface area contributed by atoms with Crippen molar-refractivity contribution in [1.82, 2.24) is 19.7 Å². The van der Waals surface area contributed by atoms with Crippen LogP contribution in [0.25, 0.3) is 11.0 Å². The number of fused-ring (bicyclic) bond motifs is 1. The van der Waals surface area contributed by atoms with Crippen molar-refractivity contribution in [2.24, 2.45) is 0 Å². The van der Waals surface area contributed by atoms with E-state index < -0.39 is 11.6 Å². The van der Waals surface area contributed by atoms with Crippen molar-refractivity contribution < 1.29 is 8.78 Å². The molecule has 0 bridgehead atoms. The third-order valence-electron chi connectivity index (χ3n) is 3.33. The van der Waals surface area contributed by atoms with Crippen LogP contribution < -0.4 is 0 Å². The summed E-state index contributed by atoms with van der Waals surface area (Å²) in [6.07, 6.45) is 6.99. The fourth-order valence-corrected chi connectivity index (χ4v) is 3.09. The van der Waals surface area contributed by atoms with Gasteiger partial charge in [0.2, 0.25) is 0 Å². The highest BCUT2D eigenvalue weighted by Gasteiger charge is 2.08. The van der Waals surface area contributed by atoms with E-state index in [0.29, 0.717) is 16.2 Å². The average molecular weight is 322 g/mol. The number of thioether (sulfide) groups is 1. The number of aromatic nitrogens is 4. The molecule has 0 spiro atoms. The SMILES string of the molecule is Fc1cc2nc(SCCCCCn3cccn3)[nH]c2cc1F. The molecule has 0 unspecified atom stereocenters. The van der Waals surface area contributed by atoms with Crippen molar-refractivity contribution in [2.45, 2.75) is 31.0 Å². The van der Waals surface area contributed by atoms with Crippen LogP contribution in [-0.4, -0.2) is 25.5 Å². The van der Waals surface area contributed by atoms with Crippen LogP contribution in [0, 0.1) is 11.6 Å². The van der Waals surface area contributed by atoms with Gasteiger partial charge < -0.3 is 4.98 Å². The molecule has 2 heterocycles.